The molecule has 0 bridgehead atoms. The van der Waals surface area contributed by atoms with Crippen molar-refractivity contribution in [1.29, 1.82) is 0 Å². The lowest BCUT2D eigenvalue weighted by atomic mass is 9.88. The van der Waals surface area contributed by atoms with Gasteiger partial charge in [0, 0.05) is 5.56 Å². The number of phenols is 2. The van der Waals surface area contributed by atoms with Gasteiger partial charge in [-0.25, -0.2) is 0 Å². The molecule has 0 aliphatic heterocycles. The summed E-state index contributed by atoms with van der Waals surface area (Å²) in [5.74, 6) is 0.498. The monoisotopic (exact) mass is 482 g/mol. The molecule has 0 saturated heterocycles. The zero-order valence-electron chi connectivity index (χ0n) is 23.3. The highest BCUT2D eigenvalue weighted by Crippen LogP contribution is 2.37. The fraction of sp³-hybridized carbons (Fsp3) is 0.625. The number of aromatic hydroxyl groups is 2. The number of phenolic OH excluding ortho intramolecular Hbond substituents is 2. The Morgan fingerprint density at radius 3 is 2.00 bits per heavy atom. The van der Waals surface area contributed by atoms with Gasteiger partial charge in [-0.1, -0.05) is 41.4 Å². The average Bonchev–Trinajstić information content (AvgIpc) is 2.82. The van der Waals surface area contributed by atoms with Gasteiger partial charge in [0.15, 0.2) is 0 Å². The van der Waals surface area contributed by atoms with Crippen LogP contribution in [0.5, 0.6) is 11.5 Å². The Bertz CT molecular complexity index is 894. The summed E-state index contributed by atoms with van der Waals surface area (Å²) in [6, 6.07) is 0. The largest absolute Gasteiger partial charge is 0.507 e. The summed E-state index contributed by atoms with van der Waals surface area (Å²) in [5, 5.41) is 31.8. The molecule has 3 nitrogen and oxygen atoms in total. The first-order chi connectivity index (χ1) is 16.5. The normalized spacial score (nSPS) is 16.9. The molecule has 0 heterocycles. The predicted octanol–water partition coefficient (Wildman–Crippen LogP) is 8.83. The Labute approximate surface area is 214 Å². The standard InChI is InChI=1S/C32H50O3/c1-23(15-11-19-28-17-8-7-9-18-28)13-10-14-24(2)16-12-21-32(6,35)22-20-29-27(5)30(33)25(3)26(4)31(29)34/h13,16,19,33-35H,7-12,14-15,17-18,20-22H2,1-6H3/b23-13+,24-16+. The van der Waals surface area contributed by atoms with Crippen LogP contribution in [-0.2, 0) is 6.42 Å². The summed E-state index contributed by atoms with van der Waals surface area (Å²) in [6.07, 6.45) is 21.0. The first kappa shape index (κ1) is 29.2. The van der Waals surface area contributed by atoms with E-state index >= 15 is 0 Å². The van der Waals surface area contributed by atoms with E-state index in [1.54, 1.807) is 5.57 Å². The summed E-state index contributed by atoms with van der Waals surface area (Å²) < 4.78 is 0. The second kappa shape index (κ2) is 13.9. The molecular formula is C32H50O3. The Balaban J connectivity index is 1.74. The first-order valence-corrected chi connectivity index (χ1v) is 13.7. The van der Waals surface area contributed by atoms with Gasteiger partial charge in [0.2, 0.25) is 0 Å². The minimum atomic E-state index is -0.812. The Morgan fingerprint density at radius 2 is 1.34 bits per heavy atom. The number of benzene rings is 1. The zero-order valence-corrected chi connectivity index (χ0v) is 23.3. The molecule has 1 atom stereocenters. The van der Waals surface area contributed by atoms with Crippen molar-refractivity contribution in [2.24, 2.45) is 0 Å². The lowest BCUT2D eigenvalue weighted by molar-refractivity contribution is 0.0431. The van der Waals surface area contributed by atoms with E-state index in [-0.39, 0.29) is 11.5 Å². The van der Waals surface area contributed by atoms with Gasteiger partial charge in [0.05, 0.1) is 5.60 Å². The predicted molar refractivity (Wildman–Crippen MR) is 149 cm³/mol. The molecule has 3 N–H and O–H groups in total. The fourth-order valence-electron chi connectivity index (χ4n) is 5.10. The van der Waals surface area contributed by atoms with Crippen LogP contribution in [0, 0.1) is 20.8 Å². The van der Waals surface area contributed by atoms with E-state index in [9.17, 15) is 15.3 Å². The van der Waals surface area contributed by atoms with Crippen molar-refractivity contribution in [3.8, 4) is 11.5 Å². The van der Waals surface area contributed by atoms with Crippen molar-refractivity contribution in [2.45, 2.75) is 131 Å². The minimum Gasteiger partial charge on any atom is -0.507 e. The van der Waals surface area contributed by atoms with Crippen molar-refractivity contribution in [2.75, 3.05) is 0 Å². The van der Waals surface area contributed by atoms with Crippen LogP contribution < -0.4 is 0 Å². The third-order valence-electron chi connectivity index (χ3n) is 7.95. The maximum atomic E-state index is 10.9. The molecule has 196 valence electrons. The first-order valence-electron chi connectivity index (χ1n) is 13.7. The molecule has 1 unspecified atom stereocenters. The van der Waals surface area contributed by atoms with Crippen LogP contribution in [0.2, 0.25) is 0 Å². The maximum Gasteiger partial charge on any atom is 0.122 e. The molecule has 3 heteroatoms. The lowest BCUT2D eigenvalue weighted by Gasteiger charge is -2.24. The lowest BCUT2D eigenvalue weighted by Crippen LogP contribution is -2.24. The van der Waals surface area contributed by atoms with Crippen LogP contribution in [0.15, 0.2) is 34.9 Å². The summed E-state index contributed by atoms with van der Waals surface area (Å²) in [7, 11) is 0. The number of aliphatic hydroxyl groups is 1. The molecule has 1 aliphatic carbocycles. The number of allylic oxidation sites excluding steroid dienone is 6. The summed E-state index contributed by atoms with van der Waals surface area (Å²) in [6.45, 7) is 11.8. The van der Waals surface area contributed by atoms with E-state index < -0.39 is 5.60 Å². The van der Waals surface area contributed by atoms with Crippen LogP contribution >= 0.6 is 0 Å². The Hall–Kier alpha value is -2.00. The van der Waals surface area contributed by atoms with Crippen LogP contribution in [-0.4, -0.2) is 20.9 Å². The van der Waals surface area contributed by atoms with E-state index in [0.29, 0.717) is 30.4 Å². The van der Waals surface area contributed by atoms with Crippen LogP contribution in [0.25, 0.3) is 0 Å². The van der Waals surface area contributed by atoms with Gasteiger partial charge in [0.25, 0.3) is 0 Å². The third kappa shape index (κ3) is 9.52. The topological polar surface area (TPSA) is 60.7 Å². The van der Waals surface area contributed by atoms with Crippen LogP contribution in [0.1, 0.15) is 120 Å². The van der Waals surface area contributed by atoms with E-state index in [0.717, 1.165) is 30.4 Å². The molecule has 35 heavy (non-hydrogen) atoms. The highest BCUT2D eigenvalue weighted by atomic mass is 16.3. The second-order valence-corrected chi connectivity index (χ2v) is 11.2. The molecule has 2 rings (SSSR count). The molecule has 0 amide bonds. The van der Waals surface area contributed by atoms with Crippen LogP contribution in [0.4, 0.5) is 0 Å². The molecule has 0 spiro atoms. The molecule has 1 saturated carbocycles. The van der Waals surface area contributed by atoms with E-state index in [1.807, 2.05) is 27.7 Å². The molecule has 0 radical (unpaired) electrons. The molecular weight excluding hydrogens is 432 g/mol. The summed E-state index contributed by atoms with van der Waals surface area (Å²) in [5.41, 5.74) is 6.63. The van der Waals surface area contributed by atoms with E-state index in [4.69, 9.17) is 0 Å². The van der Waals surface area contributed by atoms with Gasteiger partial charge < -0.3 is 15.3 Å². The number of rotatable bonds is 12. The smallest absolute Gasteiger partial charge is 0.122 e. The second-order valence-electron chi connectivity index (χ2n) is 11.2. The Morgan fingerprint density at radius 1 is 0.771 bits per heavy atom. The summed E-state index contributed by atoms with van der Waals surface area (Å²) >= 11 is 0. The van der Waals surface area contributed by atoms with Gasteiger partial charge in [0.1, 0.15) is 11.5 Å². The molecule has 1 fully saturated rings. The number of hydrogen-bond acceptors (Lipinski definition) is 3. The quantitative estimate of drug-likeness (QED) is 0.206. The third-order valence-corrected chi connectivity index (χ3v) is 7.95. The van der Waals surface area contributed by atoms with Gasteiger partial charge >= 0.3 is 0 Å². The average molecular weight is 483 g/mol. The Kier molecular flexibility index (Phi) is 11.6. The molecule has 1 aromatic rings. The summed E-state index contributed by atoms with van der Waals surface area (Å²) in [4.78, 5) is 0. The zero-order chi connectivity index (χ0) is 26.0. The minimum absolute atomic E-state index is 0.248. The maximum absolute atomic E-state index is 10.9. The van der Waals surface area contributed by atoms with Crippen molar-refractivity contribution in [1.82, 2.24) is 0 Å². The van der Waals surface area contributed by atoms with Gasteiger partial charge in [-0.2, -0.15) is 0 Å². The highest BCUT2D eigenvalue weighted by Gasteiger charge is 2.23. The van der Waals surface area contributed by atoms with Gasteiger partial charge in [-0.15, -0.1) is 0 Å². The highest BCUT2D eigenvalue weighted by molar-refractivity contribution is 5.56. The van der Waals surface area contributed by atoms with Crippen molar-refractivity contribution in [3.63, 3.8) is 0 Å². The SMILES string of the molecule is C/C(=C\CC/C(C)=C/CCC(C)(O)CCc1c(C)c(O)c(C)c(C)c1O)CCC=C1CCCCC1. The number of hydrogen-bond donors (Lipinski definition) is 3. The molecule has 1 aromatic carbocycles. The van der Waals surface area contributed by atoms with Gasteiger partial charge in [-0.05, 0) is 135 Å². The van der Waals surface area contributed by atoms with Crippen molar-refractivity contribution in [3.05, 3.63) is 57.2 Å². The fourth-order valence-corrected chi connectivity index (χ4v) is 5.10. The van der Waals surface area contributed by atoms with E-state index in [2.05, 4.69) is 32.1 Å². The molecule has 0 aromatic heterocycles. The van der Waals surface area contributed by atoms with Gasteiger partial charge in [-0.3, -0.25) is 0 Å². The molecule has 1 aliphatic rings. The van der Waals surface area contributed by atoms with Crippen LogP contribution in [0.3, 0.4) is 0 Å². The van der Waals surface area contributed by atoms with Crippen molar-refractivity contribution < 1.29 is 15.3 Å². The van der Waals surface area contributed by atoms with Crippen molar-refractivity contribution >= 4 is 0 Å². The van der Waals surface area contributed by atoms with E-state index in [1.165, 1.54) is 56.1 Å².